The number of aliphatic hydroxyl groups excluding tert-OH is 1. The zero-order valence-corrected chi connectivity index (χ0v) is 34.1. The van der Waals surface area contributed by atoms with Gasteiger partial charge in [-0.05, 0) is 141 Å². The minimum absolute atomic E-state index is 0.0723. The first kappa shape index (κ1) is 42.9. The standard InChI is InChI=1S/C43H73N3O8/c1-6-45-20-21-46(7-2)27-43(26-45,30(23-39(51)52)24-40(53)54)18-9-8-10-37(48)44-31-17-19-41(4)29(22-31)12-13-32-34-15-14-33(28(3)11-16-38(49)50)42(34,5)36(47)25-35(32)41/h28-36,47H,6-27H2,1-5H3,(H,44,48)(H,49,50)(H,51,52)(H,53,54)/t28?,29-,31+,32?,33-,34?,35?,36+,41+,42-/m1/s1. The molecule has 1 heterocycles. The molecule has 0 aromatic carbocycles. The predicted molar refractivity (Wildman–Crippen MR) is 208 cm³/mol. The van der Waals surface area contributed by atoms with Crippen molar-refractivity contribution >= 4 is 23.8 Å². The molecular formula is C43H73N3O8. The number of carbonyl (C=O) groups excluding carboxylic acids is 1. The molecule has 11 heteroatoms. The van der Waals surface area contributed by atoms with Gasteiger partial charge in [0.2, 0.25) is 5.91 Å². The number of carbonyl (C=O) groups is 4. The van der Waals surface area contributed by atoms with E-state index in [4.69, 9.17) is 0 Å². The summed E-state index contributed by atoms with van der Waals surface area (Å²) >= 11 is 0. The number of likely N-dealkylation sites (N-methyl/N-ethyl adjacent to an activating group) is 2. The molecule has 0 aromatic rings. The molecule has 4 saturated carbocycles. The van der Waals surface area contributed by atoms with Gasteiger partial charge in [0.15, 0.2) is 0 Å². The Balaban J connectivity index is 1.16. The van der Waals surface area contributed by atoms with Gasteiger partial charge in [-0.1, -0.05) is 41.0 Å². The van der Waals surface area contributed by atoms with Crippen LogP contribution in [0.4, 0.5) is 0 Å². The Kier molecular flexibility index (Phi) is 14.2. The molecule has 54 heavy (non-hydrogen) atoms. The van der Waals surface area contributed by atoms with E-state index in [1.807, 2.05) is 0 Å². The van der Waals surface area contributed by atoms with Gasteiger partial charge >= 0.3 is 17.9 Å². The van der Waals surface area contributed by atoms with Crippen LogP contribution in [0.3, 0.4) is 0 Å². The fraction of sp³-hybridized carbons (Fsp3) is 0.907. The molecule has 5 N–H and O–H groups in total. The minimum atomic E-state index is -0.961. The fourth-order valence-electron chi connectivity index (χ4n) is 13.4. The Morgan fingerprint density at radius 2 is 1.44 bits per heavy atom. The minimum Gasteiger partial charge on any atom is -0.481 e. The monoisotopic (exact) mass is 760 g/mol. The summed E-state index contributed by atoms with van der Waals surface area (Å²) in [6.07, 6.45) is 11.0. The van der Waals surface area contributed by atoms with E-state index in [1.54, 1.807) is 0 Å². The van der Waals surface area contributed by atoms with Crippen molar-refractivity contribution in [2.75, 3.05) is 39.3 Å². The van der Waals surface area contributed by atoms with Crippen LogP contribution in [0.2, 0.25) is 0 Å². The molecule has 308 valence electrons. The number of carboxylic acids is 3. The second-order valence-electron chi connectivity index (χ2n) is 19.1. The Labute approximate surface area is 324 Å². The summed E-state index contributed by atoms with van der Waals surface area (Å²) in [4.78, 5) is 53.4. The maximum Gasteiger partial charge on any atom is 0.303 e. The molecule has 0 aromatic heterocycles. The number of fused-ring (bicyclic) bond motifs is 5. The second kappa shape index (κ2) is 17.9. The van der Waals surface area contributed by atoms with E-state index >= 15 is 0 Å². The van der Waals surface area contributed by atoms with Crippen molar-refractivity contribution in [3.8, 4) is 0 Å². The molecule has 0 spiro atoms. The molecule has 5 aliphatic rings. The lowest BCUT2D eigenvalue weighted by Gasteiger charge is -2.62. The summed E-state index contributed by atoms with van der Waals surface area (Å²) < 4.78 is 0. The van der Waals surface area contributed by atoms with Crippen LogP contribution in [0.25, 0.3) is 0 Å². The third-order valence-electron chi connectivity index (χ3n) is 16.5. The van der Waals surface area contributed by atoms with Gasteiger partial charge in [0.1, 0.15) is 0 Å². The van der Waals surface area contributed by atoms with E-state index in [1.165, 1.54) is 6.42 Å². The second-order valence-corrected chi connectivity index (χ2v) is 19.1. The van der Waals surface area contributed by atoms with Crippen LogP contribution in [-0.2, 0) is 19.2 Å². The lowest BCUT2D eigenvalue weighted by Crippen LogP contribution is -2.59. The predicted octanol–water partition coefficient (Wildman–Crippen LogP) is 6.37. The molecule has 1 saturated heterocycles. The molecule has 11 nitrogen and oxygen atoms in total. The first-order chi connectivity index (χ1) is 25.6. The average molecular weight is 760 g/mol. The Hall–Kier alpha value is -2.24. The van der Waals surface area contributed by atoms with Gasteiger partial charge in [-0.15, -0.1) is 0 Å². The number of nitrogens with one attached hydrogen (secondary N) is 1. The van der Waals surface area contributed by atoms with E-state index < -0.39 is 29.2 Å². The number of nitrogens with zero attached hydrogens (tertiary/aromatic N) is 2. The SMILES string of the molecule is CCN1CCN(CC)CC(CCCCC(=O)N[C@H]2CC[C@]3(C)C4C[C@H](O)[C@@]5(C)C(CC[C@@H]5C(C)CCC(=O)O)C4CC[C@@H]3C2)(C(CC(=O)O)CC(=O)O)C1. The van der Waals surface area contributed by atoms with Gasteiger partial charge in [-0.25, -0.2) is 0 Å². The van der Waals surface area contributed by atoms with Crippen LogP contribution in [0, 0.1) is 57.7 Å². The van der Waals surface area contributed by atoms with Crippen molar-refractivity contribution in [1.29, 1.82) is 0 Å². The van der Waals surface area contributed by atoms with E-state index in [9.17, 15) is 39.6 Å². The zero-order chi connectivity index (χ0) is 39.4. The lowest BCUT2D eigenvalue weighted by molar-refractivity contribution is -0.170. The molecule has 4 aliphatic carbocycles. The van der Waals surface area contributed by atoms with E-state index in [-0.39, 0.29) is 54.1 Å². The Morgan fingerprint density at radius 3 is 2.04 bits per heavy atom. The number of rotatable bonds is 17. The number of amides is 1. The summed E-state index contributed by atoms with van der Waals surface area (Å²) in [5.74, 6) is -0.365. The molecule has 1 aliphatic heterocycles. The maximum absolute atomic E-state index is 13.4. The summed E-state index contributed by atoms with van der Waals surface area (Å²) in [6.45, 7) is 15.9. The van der Waals surface area contributed by atoms with E-state index in [2.05, 4.69) is 49.7 Å². The van der Waals surface area contributed by atoms with Crippen molar-refractivity contribution < 1.29 is 39.6 Å². The van der Waals surface area contributed by atoms with E-state index in [0.29, 0.717) is 68.4 Å². The maximum atomic E-state index is 13.4. The normalized spacial score (nSPS) is 36.0. The number of hydrogen-bond acceptors (Lipinski definition) is 7. The highest BCUT2D eigenvalue weighted by atomic mass is 16.4. The summed E-state index contributed by atoms with van der Waals surface area (Å²) in [6, 6.07) is 0.150. The van der Waals surface area contributed by atoms with Gasteiger partial charge in [0.05, 0.1) is 6.10 Å². The molecule has 4 unspecified atom stereocenters. The zero-order valence-electron chi connectivity index (χ0n) is 34.1. The summed E-state index contributed by atoms with van der Waals surface area (Å²) in [5.41, 5.74) is -0.486. The highest BCUT2D eigenvalue weighted by molar-refractivity contribution is 5.76. The molecule has 0 radical (unpaired) electrons. The molecule has 1 amide bonds. The third kappa shape index (κ3) is 9.14. The largest absolute Gasteiger partial charge is 0.481 e. The van der Waals surface area contributed by atoms with Gasteiger partial charge in [0, 0.05) is 57.9 Å². The third-order valence-corrected chi connectivity index (χ3v) is 16.5. The van der Waals surface area contributed by atoms with Crippen molar-refractivity contribution in [1.82, 2.24) is 15.1 Å². The summed E-state index contributed by atoms with van der Waals surface area (Å²) in [7, 11) is 0. The fourth-order valence-corrected chi connectivity index (χ4v) is 13.4. The van der Waals surface area contributed by atoms with Gasteiger partial charge in [0.25, 0.3) is 0 Å². The molecule has 10 atom stereocenters. The number of aliphatic hydroxyl groups is 1. The van der Waals surface area contributed by atoms with Crippen LogP contribution >= 0.6 is 0 Å². The van der Waals surface area contributed by atoms with Crippen molar-refractivity contribution in [3.63, 3.8) is 0 Å². The highest BCUT2D eigenvalue weighted by Gasteiger charge is 2.63. The molecule has 5 rings (SSSR count). The average Bonchev–Trinajstić information content (AvgIpc) is 3.36. The first-order valence-corrected chi connectivity index (χ1v) is 21.6. The number of hydrogen-bond donors (Lipinski definition) is 5. The van der Waals surface area contributed by atoms with Gasteiger partial charge in [-0.2, -0.15) is 0 Å². The van der Waals surface area contributed by atoms with Crippen molar-refractivity contribution in [3.05, 3.63) is 0 Å². The van der Waals surface area contributed by atoms with Crippen LogP contribution in [-0.4, -0.2) is 105 Å². The lowest BCUT2D eigenvalue weighted by atomic mass is 9.43. The number of aliphatic carboxylic acids is 3. The van der Waals surface area contributed by atoms with Crippen LogP contribution in [0.5, 0.6) is 0 Å². The van der Waals surface area contributed by atoms with Gasteiger partial charge in [-0.3, -0.25) is 19.2 Å². The van der Waals surface area contributed by atoms with Crippen LogP contribution < -0.4 is 5.32 Å². The van der Waals surface area contributed by atoms with Crippen LogP contribution in [0.1, 0.15) is 137 Å². The quantitative estimate of drug-likeness (QED) is 0.105. The summed E-state index contributed by atoms with van der Waals surface area (Å²) in [5, 5.41) is 44.2. The molecule has 0 bridgehead atoms. The van der Waals surface area contributed by atoms with Crippen molar-refractivity contribution in [2.24, 2.45) is 57.7 Å². The number of unbranched alkanes of at least 4 members (excludes halogenated alkanes) is 1. The molecule has 5 fully saturated rings. The van der Waals surface area contributed by atoms with Crippen molar-refractivity contribution in [2.45, 2.75) is 149 Å². The Morgan fingerprint density at radius 1 is 0.796 bits per heavy atom. The first-order valence-electron chi connectivity index (χ1n) is 21.6. The highest BCUT2D eigenvalue weighted by Crippen LogP contribution is 2.68. The van der Waals surface area contributed by atoms with Crippen LogP contribution in [0.15, 0.2) is 0 Å². The topological polar surface area (TPSA) is 168 Å². The van der Waals surface area contributed by atoms with Gasteiger partial charge < -0.3 is 35.5 Å². The number of carboxylic acid groups (broad SMARTS) is 3. The Bertz CT molecular complexity index is 1300. The smallest absolute Gasteiger partial charge is 0.303 e. The van der Waals surface area contributed by atoms with E-state index in [0.717, 1.165) is 77.5 Å². The molecular weight excluding hydrogens is 686 g/mol.